The van der Waals surface area contributed by atoms with Gasteiger partial charge >= 0.3 is 0 Å². The lowest BCUT2D eigenvalue weighted by Gasteiger charge is -1.88. The SMILES string of the molecule is Brc1nccc2c(I)[nH]nc12. The molecular formula is C6H3BrIN3. The molecule has 11 heavy (non-hydrogen) atoms. The topological polar surface area (TPSA) is 41.6 Å². The third-order valence-corrected chi connectivity index (χ3v) is 2.78. The van der Waals surface area contributed by atoms with Gasteiger partial charge in [0.15, 0.2) is 0 Å². The molecule has 0 saturated heterocycles. The second kappa shape index (κ2) is 2.71. The molecule has 0 fully saturated rings. The Labute approximate surface area is 84.9 Å². The highest BCUT2D eigenvalue weighted by molar-refractivity contribution is 14.1. The zero-order valence-corrected chi connectivity index (χ0v) is 9.05. The maximum atomic E-state index is 4.08. The van der Waals surface area contributed by atoms with E-state index in [1.165, 1.54) is 0 Å². The van der Waals surface area contributed by atoms with Crippen molar-refractivity contribution in [3.05, 3.63) is 20.6 Å². The van der Waals surface area contributed by atoms with Crippen molar-refractivity contribution < 1.29 is 0 Å². The van der Waals surface area contributed by atoms with Crippen molar-refractivity contribution >= 4 is 49.4 Å². The van der Waals surface area contributed by atoms with Crippen LogP contribution >= 0.6 is 38.5 Å². The Hall–Kier alpha value is -0.170. The minimum Gasteiger partial charge on any atom is -0.271 e. The van der Waals surface area contributed by atoms with E-state index in [2.05, 4.69) is 53.7 Å². The number of H-pyrrole nitrogens is 1. The standard InChI is InChI=1S/C6H3BrIN3/c7-5-4-3(1-2-9-5)6(8)11-10-4/h1-2H,(H,10,11). The van der Waals surface area contributed by atoms with Gasteiger partial charge in [-0.3, -0.25) is 5.10 Å². The molecule has 1 N–H and O–H groups in total. The Morgan fingerprint density at radius 2 is 2.36 bits per heavy atom. The number of rotatable bonds is 0. The Bertz CT molecular complexity index is 398. The number of aromatic nitrogens is 3. The van der Waals surface area contributed by atoms with Gasteiger partial charge in [-0.05, 0) is 44.6 Å². The predicted molar refractivity (Wildman–Crippen MR) is 54.3 cm³/mol. The summed E-state index contributed by atoms with van der Waals surface area (Å²) in [5.74, 6) is 0. The monoisotopic (exact) mass is 323 g/mol. The molecule has 5 heteroatoms. The van der Waals surface area contributed by atoms with E-state index in [1.54, 1.807) is 6.20 Å². The van der Waals surface area contributed by atoms with Crippen LogP contribution in [-0.2, 0) is 0 Å². The van der Waals surface area contributed by atoms with Crippen LogP contribution in [0.1, 0.15) is 0 Å². The van der Waals surface area contributed by atoms with Gasteiger partial charge in [0.2, 0.25) is 0 Å². The first-order chi connectivity index (χ1) is 5.29. The van der Waals surface area contributed by atoms with Crippen LogP contribution in [0, 0.1) is 3.70 Å². The molecule has 2 heterocycles. The Morgan fingerprint density at radius 1 is 1.55 bits per heavy atom. The molecule has 56 valence electrons. The van der Waals surface area contributed by atoms with E-state index in [1.807, 2.05) is 6.07 Å². The largest absolute Gasteiger partial charge is 0.271 e. The molecule has 0 aromatic carbocycles. The average molecular weight is 324 g/mol. The van der Waals surface area contributed by atoms with E-state index >= 15 is 0 Å². The van der Waals surface area contributed by atoms with Crippen molar-refractivity contribution in [1.82, 2.24) is 15.2 Å². The van der Waals surface area contributed by atoms with Crippen molar-refractivity contribution in [3.63, 3.8) is 0 Å². The van der Waals surface area contributed by atoms with Crippen LogP contribution in [0.3, 0.4) is 0 Å². The fraction of sp³-hybridized carbons (Fsp3) is 0. The van der Waals surface area contributed by atoms with Gasteiger partial charge in [-0.25, -0.2) is 4.98 Å². The highest BCUT2D eigenvalue weighted by atomic mass is 127. The Balaban J connectivity index is 2.94. The van der Waals surface area contributed by atoms with E-state index in [4.69, 9.17) is 0 Å². The van der Waals surface area contributed by atoms with E-state index in [0.29, 0.717) is 0 Å². The molecule has 0 atom stereocenters. The highest BCUT2D eigenvalue weighted by Gasteiger charge is 2.04. The number of nitrogens with zero attached hydrogens (tertiary/aromatic N) is 2. The maximum absolute atomic E-state index is 4.08. The molecule has 0 spiro atoms. The summed E-state index contributed by atoms with van der Waals surface area (Å²) in [4.78, 5) is 4.05. The summed E-state index contributed by atoms with van der Waals surface area (Å²) in [5.41, 5.74) is 0.886. The first-order valence-electron chi connectivity index (χ1n) is 2.93. The fourth-order valence-electron chi connectivity index (χ4n) is 0.877. The maximum Gasteiger partial charge on any atom is 0.134 e. The Morgan fingerprint density at radius 3 is 3.09 bits per heavy atom. The summed E-state index contributed by atoms with van der Waals surface area (Å²) < 4.78 is 1.83. The number of pyridine rings is 1. The number of aromatic amines is 1. The van der Waals surface area contributed by atoms with Crippen molar-refractivity contribution in [3.8, 4) is 0 Å². The van der Waals surface area contributed by atoms with Gasteiger partial charge < -0.3 is 0 Å². The molecule has 0 aliphatic carbocycles. The third-order valence-electron chi connectivity index (χ3n) is 1.38. The zero-order valence-electron chi connectivity index (χ0n) is 5.31. The lowest BCUT2D eigenvalue weighted by atomic mass is 10.3. The van der Waals surface area contributed by atoms with Gasteiger partial charge in [-0.15, -0.1) is 0 Å². The summed E-state index contributed by atoms with van der Waals surface area (Å²) in [6.45, 7) is 0. The van der Waals surface area contributed by atoms with Crippen LogP contribution in [0.15, 0.2) is 16.9 Å². The van der Waals surface area contributed by atoms with Gasteiger partial charge in [0.25, 0.3) is 0 Å². The molecular weight excluding hydrogens is 321 g/mol. The van der Waals surface area contributed by atoms with Crippen LogP contribution in [0.5, 0.6) is 0 Å². The smallest absolute Gasteiger partial charge is 0.134 e. The molecule has 0 bridgehead atoms. The number of halogens is 2. The summed E-state index contributed by atoms with van der Waals surface area (Å²) in [7, 11) is 0. The second-order valence-electron chi connectivity index (χ2n) is 2.04. The van der Waals surface area contributed by atoms with Gasteiger partial charge in [-0.2, -0.15) is 5.10 Å². The molecule has 0 radical (unpaired) electrons. The first-order valence-corrected chi connectivity index (χ1v) is 4.80. The normalized spacial score (nSPS) is 10.7. The molecule has 0 aliphatic heterocycles. The lowest BCUT2D eigenvalue weighted by molar-refractivity contribution is 1.09. The molecule has 0 amide bonds. The van der Waals surface area contributed by atoms with E-state index in [-0.39, 0.29) is 0 Å². The molecule has 0 saturated carbocycles. The highest BCUT2D eigenvalue weighted by Crippen LogP contribution is 2.22. The van der Waals surface area contributed by atoms with E-state index < -0.39 is 0 Å². The van der Waals surface area contributed by atoms with Crippen molar-refractivity contribution in [2.24, 2.45) is 0 Å². The van der Waals surface area contributed by atoms with Crippen molar-refractivity contribution in [2.45, 2.75) is 0 Å². The summed E-state index contributed by atoms with van der Waals surface area (Å²) >= 11 is 5.52. The van der Waals surface area contributed by atoms with Crippen LogP contribution in [0.4, 0.5) is 0 Å². The van der Waals surface area contributed by atoms with Crippen molar-refractivity contribution in [2.75, 3.05) is 0 Å². The first kappa shape index (κ1) is 7.48. The molecule has 2 rings (SSSR count). The molecule has 0 unspecified atom stereocenters. The zero-order chi connectivity index (χ0) is 7.84. The molecule has 2 aromatic rings. The van der Waals surface area contributed by atoms with Crippen LogP contribution in [0.2, 0.25) is 0 Å². The minimum absolute atomic E-state index is 0.786. The van der Waals surface area contributed by atoms with Gasteiger partial charge in [0, 0.05) is 11.6 Å². The van der Waals surface area contributed by atoms with Crippen LogP contribution in [-0.4, -0.2) is 15.2 Å². The second-order valence-corrected chi connectivity index (χ2v) is 3.87. The summed E-state index contributed by atoms with van der Waals surface area (Å²) in [6, 6.07) is 1.94. The van der Waals surface area contributed by atoms with Crippen LogP contribution < -0.4 is 0 Å². The fourth-order valence-corrected chi connectivity index (χ4v) is 1.85. The molecule has 2 aromatic heterocycles. The molecule has 0 aliphatic rings. The van der Waals surface area contributed by atoms with Crippen molar-refractivity contribution in [1.29, 1.82) is 0 Å². The summed E-state index contributed by atoms with van der Waals surface area (Å²) in [6.07, 6.45) is 1.75. The number of nitrogens with one attached hydrogen (secondary N) is 1. The quantitative estimate of drug-likeness (QED) is 0.597. The van der Waals surface area contributed by atoms with E-state index in [9.17, 15) is 0 Å². The summed E-state index contributed by atoms with van der Waals surface area (Å²) in [5, 5.41) is 8.06. The number of hydrogen-bond donors (Lipinski definition) is 1. The van der Waals surface area contributed by atoms with Gasteiger partial charge in [0.05, 0.1) is 0 Å². The number of hydrogen-bond acceptors (Lipinski definition) is 2. The minimum atomic E-state index is 0.786. The van der Waals surface area contributed by atoms with Crippen LogP contribution in [0.25, 0.3) is 10.9 Å². The van der Waals surface area contributed by atoms with Gasteiger partial charge in [0.1, 0.15) is 13.8 Å². The number of fused-ring (bicyclic) bond motifs is 1. The Kier molecular flexibility index (Phi) is 1.84. The van der Waals surface area contributed by atoms with E-state index in [0.717, 1.165) is 19.2 Å². The average Bonchev–Trinajstić information content (AvgIpc) is 2.35. The molecule has 3 nitrogen and oxygen atoms in total. The van der Waals surface area contributed by atoms with Gasteiger partial charge in [-0.1, -0.05) is 0 Å². The lowest BCUT2D eigenvalue weighted by Crippen LogP contribution is -1.75. The predicted octanol–water partition coefficient (Wildman–Crippen LogP) is 2.32. The third kappa shape index (κ3) is 1.16.